The maximum atomic E-state index is 12.3. The number of hydrogen-bond donors (Lipinski definition) is 0. The van der Waals surface area contributed by atoms with Gasteiger partial charge in [-0.2, -0.15) is 12.7 Å². The summed E-state index contributed by atoms with van der Waals surface area (Å²) in [4.78, 5) is 11.1. The van der Waals surface area contributed by atoms with E-state index in [2.05, 4.69) is 4.74 Å². The minimum atomic E-state index is -3.65. The zero-order valence-corrected chi connectivity index (χ0v) is 13.0. The van der Waals surface area contributed by atoms with Crippen molar-refractivity contribution in [2.75, 3.05) is 32.1 Å². The van der Waals surface area contributed by atoms with E-state index in [0.717, 1.165) is 9.87 Å². The van der Waals surface area contributed by atoms with Crippen molar-refractivity contribution >= 4 is 21.9 Å². The van der Waals surface area contributed by atoms with Crippen LogP contribution in [0.1, 0.15) is 12.0 Å². The van der Waals surface area contributed by atoms with Crippen molar-refractivity contribution in [1.82, 2.24) is 4.31 Å². The van der Waals surface area contributed by atoms with Gasteiger partial charge in [0.2, 0.25) is 0 Å². The molecule has 0 saturated heterocycles. The fourth-order valence-electron chi connectivity index (χ4n) is 1.56. The summed E-state index contributed by atoms with van der Waals surface area (Å²) in [6, 6.07) is 7.16. The summed E-state index contributed by atoms with van der Waals surface area (Å²) in [5.74, 6) is -0.440. The zero-order chi connectivity index (χ0) is 15.3. The highest BCUT2D eigenvalue weighted by Gasteiger charge is 2.24. The zero-order valence-electron chi connectivity index (χ0n) is 12.2. The van der Waals surface area contributed by atoms with E-state index in [-0.39, 0.29) is 13.0 Å². The van der Waals surface area contributed by atoms with Crippen LogP contribution in [-0.4, -0.2) is 46.4 Å². The summed E-state index contributed by atoms with van der Waals surface area (Å²) < 4.78 is 31.4. The van der Waals surface area contributed by atoms with Crippen LogP contribution in [0.2, 0.25) is 0 Å². The molecule has 20 heavy (non-hydrogen) atoms. The van der Waals surface area contributed by atoms with Gasteiger partial charge in [0.15, 0.2) is 0 Å². The van der Waals surface area contributed by atoms with Gasteiger partial charge >= 0.3 is 16.2 Å². The highest BCUT2D eigenvalue weighted by atomic mass is 32.2. The molecule has 1 aromatic rings. The highest BCUT2D eigenvalue weighted by Crippen LogP contribution is 2.18. The Labute approximate surface area is 120 Å². The average Bonchev–Trinajstić information content (AvgIpc) is 2.44. The third-order valence-corrected chi connectivity index (χ3v) is 4.87. The normalized spacial score (nSPS) is 11.4. The van der Waals surface area contributed by atoms with E-state index >= 15 is 0 Å². The Morgan fingerprint density at radius 3 is 2.25 bits per heavy atom. The van der Waals surface area contributed by atoms with Gasteiger partial charge in [-0.15, -0.1) is 0 Å². The van der Waals surface area contributed by atoms with Crippen molar-refractivity contribution in [2.24, 2.45) is 0 Å². The van der Waals surface area contributed by atoms with Crippen molar-refractivity contribution in [3.63, 3.8) is 0 Å². The molecule has 0 aliphatic carbocycles. The molecule has 0 aromatic heterocycles. The second-order valence-electron chi connectivity index (χ2n) is 4.46. The van der Waals surface area contributed by atoms with Crippen LogP contribution in [0.3, 0.4) is 0 Å². The van der Waals surface area contributed by atoms with Crippen molar-refractivity contribution in [3.8, 4) is 0 Å². The van der Waals surface area contributed by atoms with Crippen LogP contribution < -0.4 is 4.31 Å². The van der Waals surface area contributed by atoms with E-state index in [0.29, 0.717) is 5.69 Å². The molecule has 0 fully saturated rings. The van der Waals surface area contributed by atoms with Crippen LogP contribution in [0, 0.1) is 6.92 Å². The minimum Gasteiger partial charge on any atom is -0.469 e. The molecule has 112 valence electrons. The monoisotopic (exact) mass is 300 g/mol. The number of rotatable bonds is 6. The first-order chi connectivity index (χ1) is 9.28. The van der Waals surface area contributed by atoms with Gasteiger partial charge in [-0.05, 0) is 19.1 Å². The predicted octanol–water partition coefficient (Wildman–Crippen LogP) is 1.17. The number of hydrogen-bond acceptors (Lipinski definition) is 4. The molecule has 0 amide bonds. The second-order valence-corrected chi connectivity index (χ2v) is 6.53. The molecule has 7 heteroatoms. The maximum Gasteiger partial charge on any atom is 0.306 e. The molecule has 0 spiro atoms. The molecule has 0 saturated carbocycles. The lowest BCUT2D eigenvalue weighted by molar-refractivity contribution is -0.140. The van der Waals surface area contributed by atoms with E-state index < -0.39 is 16.2 Å². The van der Waals surface area contributed by atoms with Gasteiger partial charge in [-0.25, -0.2) is 0 Å². The van der Waals surface area contributed by atoms with Gasteiger partial charge in [0.05, 0.1) is 19.2 Å². The first-order valence-corrected chi connectivity index (χ1v) is 7.52. The van der Waals surface area contributed by atoms with Crippen molar-refractivity contribution in [1.29, 1.82) is 0 Å². The lowest BCUT2D eigenvalue weighted by atomic mass is 10.2. The number of benzene rings is 1. The number of esters is 1. The van der Waals surface area contributed by atoms with Gasteiger partial charge < -0.3 is 4.74 Å². The standard InChI is InChI=1S/C13H20N2O4S/c1-11-5-7-12(8-6-11)15(3)20(17,18)14(2)10-9-13(16)19-4/h5-8H,9-10H2,1-4H3. The van der Waals surface area contributed by atoms with Gasteiger partial charge in [0.25, 0.3) is 0 Å². The molecule has 0 aliphatic heterocycles. The number of nitrogens with zero attached hydrogens (tertiary/aromatic N) is 2. The Hall–Kier alpha value is -1.60. The van der Waals surface area contributed by atoms with Crippen LogP contribution in [0.4, 0.5) is 5.69 Å². The molecule has 0 unspecified atom stereocenters. The van der Waals surface area contributed by atoms with E-state index in [1.165, 1.54) is 25.5 Å². The van der Waals surface area contributed by atoms with Gasteiger partial charge in [-0.3, -0.25) is 9.10 Å². The summed E-state index contributed by atoms with van der Waals surface area (Å²) in [6.07, 6.45) is 0.0218. The lowest BCUT2D eigenvalue weighted by Gasteiger charge is -2.25. The van der Waals surface area contributed by atoms with Crippen LogP contribution >= 0.6 is 0 Å². The van der Waals surface area contributed by atoms with Crippen LogP contribution in [0.15, 0.2) is 24.3 Å². The molecule has 0 atom stereocenters. The first-order valence-electron chi connectivity index (χ1n) is 6.12. The Kier molecular flexibility index (Phi) is 5.52. The fourth-order valence-corrected chi connectivity index (χ4v) is 2.69. The second kappa shape index (κ2) is 6.71. The van der Waals surface area contributed by atoms with Crippen LogP contribution in [-0.2, 0) is 19.7 Å². The summed E-state index contributed by atoms with van der Waals surface area (Å²) in [5, 5.41) is 0. The van der Waals surface area contributed by atoms with E-state index in [9.17, 15) is 13.2 Å². The van der Waals surface area contributed by atoms with Crippen LogP contribution in [0.25, 0.3) is 0 Å². The molecule has 0 N–H and O–H groups in total. The molecule has 1 aromatic carbocycles. The third kappa shape index (κ3) is 3.94. The Morgan fingerprint density at radius 2 is 1.75 bits per heavy atom. The van der Waals surface area contributed by atoms with Crippen molar-refractivity contribution in [3.05, 3.63) is 29.8 Å². The molecule has 0 heterocycles. The molecule has 0 aliphatic rings. The van der Waals surface area contributed by atoms with E-state index in [4.69, 9.17) is 0 Å². The van der Waals surface area contributed by atoms with Crippen LogP contribution in [0.5, 0.6) is 0 Å². The number of aryl methyl sites for hydroxylation is 1. The molecule has 0 bridgehead atoms. The quantitative estimate of drug-likeness (QED) is 0.740. The van der Waals surface area contributed by atoms with Crippen molar-refractivity contribution < 1.29 is 17.9 Å². The van der Waals surface area contributed by atoms with Gasteiger partial charge in [0, 0.05) is 20.6 Å². The molecule has 0 radical (unpaired) electrons. The number of carbonyl (C=O) groups is 1. The van der Waals surface area contributed by atoms with Gasteiger partial charge in [0.1, 0.15) is 0 Å². The third-order valence-electron chi connectivity index (χ3n) is 3.00. The highest BCUT2D eigenvalue weighted by molar-refractivity contribution is 7.90. The number of carbonyl (C=O) groups excluding carboxylic acids is 1. The summed E-state index contributed by atoms with van der Waals surface area (Å²) in [5.41, 5.74) is 1.62. The number of anilines is 1. The Balaban J connectivity index is 2.81. The average molecular weight is 300 g/mol. The maximum absolute atomic E-state index is 12.3. The van der Waals surface area contributed by atoms with Crippen molar-refractivity contribution in [2.45, 2.75) is 13.3 Å². The molecular formula is C13H20N2O4S. The Morgan fingerprint density at radius 1 is 1.20 bits per heavy atom. The SMILES string of the molecule is COC(=O)CCN(C)S(=O)(=O)N(C)c1ccc(C)cc1. The van der Waals surface area contributed by atoms with E-state index in [1.54, 1.807) is 12.1 Å². The largest absolute Gasteiger partial charge is 0.469 e. The fraction of sp³-hybridized carbons (Fsp3) is 0.462. The predicted molar refractivity (Wildman–Crippen MR) is 77.8 cm³/mol. The molecular weight excluding hydrogens is 280 g/mol. The number of ether oxygens (including phenoxy) is 1. The summed E-state index contributed by atoms with van der Waals surface area (Å²) in [6.45, 7) is 2.01. The minimum absolute atomic E-state index is 0.0218. The van der Waals surface area contributed by atoms with E-state index in [1.807, 2.05) is 19.1 Å². The topological polar surface area (TPSA) is 66.9 Å². The summed E-state index contributed by atoms with van der Waals surface area (Å²) >= 11 is 0. The molecule has 1 rings (SSSR count). The Bertz CT molecular complexity index is 554. The molecule has 6 nitrogen and oxygen atoms in total. The summed E-state index contributed by atoms with van der Waals surface area (Å²) in [7, 11) is 0.537. The smallest absolute Gasteiger partial charge is 0.306 e. The number of methoxy groups -OCH3 is 1. The lowest BCUT2D eigenvalue weighted by Crippen LogP contribution is -2.40. The first kappa shape index (κ1) is 16.5. The van der Waals surface area contributed by atoms with Gasteiger partial charge in [-0.1, -0.05) is 17.7 Å².